The Morgan fingerprint density at radius 1 is 0.971 bits per heavy atom. The van der Waals surface area contributed by atoms with Crippen LogP contribution in [0.4, 0.5) is 11.8 Å². The van der Waals surface area contributed by atoms with Gasteiger partial charge in [0.1, 0.15) is 5.82 Å². The third kappa shape index (κ3) is 5.20. The summed E-state index contributed by atoms with van der Waals surface area (Å²) < 4.78 is 10.9. The van der Waals surface area contributed by atoms with Gasteiger partial charge in [-0.05, 0) is 74.4 Å². The zero-order valence-corrected chi connectivity index (χ0v) is 20.4. The van der Waals surface area contributed by atoms with E-state index in [4.69, 9.17) is 19.4 Å². The number of para-hydroxylation sites is 1. The molecule has 1 aromatic heterocycles. The lowest BCUT2D eigenvalue weighted by molar-refractivity contribution is 0.174. The van der Waals surface area contributed by atoms with Gasteiger partial charge in [0.15, 0.2) is 11.5 Å². The molecule has 0 amide bonds. The molecule has 2 heterocycles. The molecule has 0 radical (unpaired) electrons. The fourth-order valence-electron chi connectivity index (χ4n) is 5.00. The molecule has 1 atom stereocenters. The fraction of sp³-hybridized carbons (Fsp3) is 0.481. The maximum Gasteiger partial charge on any atom is 0.231 e. The second kappa shape index (κ2) is 10.1. The molecule has 2 aliphatic rings. The number of aromatic nitrogens is 2. The van der Waals surface area contributed by atoms with E-state index in [0.717, 1.165) is 60.0 Å². The minimum absolute atomic E-state index is 0.331. The number of fused-ring (bicyclic) bond motifs is 2. The first-order chi connectivity index (χ1) is 16.5. The van der Waals surface area contributed by atoms with Crippen molar-refractivity contribution >= 4 is 22.7 Å². The predicted octanol–water partition coefficient (Wildman–Crippen LogP) is 4.62. The van der Waals surface area contributed by atoms with Crippen molar-refractivity contribution in [2.75, 3.05) is 37.6 Å². The molecular weight excluding hydrogens is 426 g/mol. The Balaban J connectivity index is 1.10. The Kier molecular flexibility index (Phi) is 6.72. The molecule has 1 aliphatic carbocycles. The molecule has 2 aromatic carbocycles. The predicted molar refractivity (Wildman–Crippen MR) is 137 cm³/mol. The third-order valence-corrected chi connectivity index (χ3v) is 6.84. The van der Waals surface area contributed by atoms with Crippen molar-refractivity contribution < 1.29 is 9.47 Å². The first kappa shape index (κ1) is 22.7. The van der Waals surface area contributed by atoms with Crippen molar-refractivity contribution in [2.24, 2.45) is 5.92 Å². The van der Waals surface area contributed by atoms with E-state index in [2.05, 4.69) is 46.7 Å². The van der Waals surface area contributed by atoms with E-state index in [1.54, 1.807) is 0 Å². The molecule has 1 fully saturated rings. The highest BCUT2D eigenvalue weighted by atomic mass is 16.7. The van der Waals surface area contributed by atoms with Gasteiger partial charge < -0.3 is 25.0 Å². The molecule has 1 aliphatic heterocycles. The molecule has 0 saturated heterocycles. The Hall–Kier alpha value is -3.06. The van der Waals surface area contributed by atoms with Gasteiger partial charge >= 0.3 is 0 Å². The van der Waals surface area contributed by atoms with E-state index < -0.39 is 0 Å². The maximum atomic E-state index is 5.51. The number of benzene rings is 2. The molecule has 1 unspecified atom stereocenters. The van der Waals surface area contributed by atoms with Crippen molar-refractivity contribution in [3.8, 4) is 11.5 Å². The van der Waals surface area contributed by atoms with Crippen LogP contribution in [-0.2, 0) is 6.42 Å². The molecule has 0 spiro atoms. The van der Waals surface area contributed by atoms with Crippen LogP contribution in [0, 0.1) is 5.92 Å². The van der Waals surface area contributed by atoms with Gasteiger partial charge in [-0.1, -0.05) is 25.1 Å². The minimum atomic E-state index is 0.331. The SMILES string of the molecule is CC(CNC1CCC(Nc2nc(N(C)C)c3ccccc3n2)CC1)Cc1ccc2c(c1)OCO2. The summed E-state index contributed by atoms with van der Waals surface area (Å²) in [5.41, 5.74) is 2.29. The van der Waals surface area contributed by atoms with E-state index in [9.17, 15) is 0 Å². The average Bonchev–Trinajstić information content (AvgIpc) is 3.31. The molecule has 0 bridgehead atoms. The molecule has 5 rings (SSSR count). The van der Waals surface area contributed by atoms with Gasteiger partial charge in [0.2, 0.25) is 12.7 Å². The molecule has 180 valence electrons. The smallest absolute Gasteiger partial charge is 0.231 e. The Bertz CT molecular complexity index is 1130. The van der Waals surface area contributed by atoms with E-state index >= 15 is 0 Å². The number of nitrogens with zero attached hydrogens (tertiary/aromatic N) is 3. The molecule has 7 nitrogen and oxygen atoms in total. The van der Waals surface area contributed by atoms with E-state index in [1.807, 2.05) is 32.3 Å². The van der Waals surface area contributed by atoms with Crippen molar-refractivity contribution in [3.05, 3.63) is 48.0 Å². The first-order valence-electron chi connectivity index (χ1n) is 12.4. The highest BCUT2D eigenvalue weighted by molar-refractivity contribution is 5.90. The summed E-state index contributed by atoms with van der Waals surface area (Å²) in [4.78, 5) is 11.6. The highest BCUT2D eigenvalue weighted by Crippen LogP contribution is 2.33. The number of hydrogen-bond donors (Lipinski definition) is 2. The average molecular weight is 462 g/mol. The maximum absolute atomic E-state index is 5.51. The number of nitrogens with one attached hydrogen (secondary N) is 2. The third-order valence-electron chi connectivity index (χ3n) is 6.84. The molecule has 34 heavy (non-hydrogen) atoms. The number of hydrogen-bond acceptors (Lipinski definition) is 7. The van der Waals surface area contributed by atoms with Gasteiger partial charge in [-0.15, -0.1) is 0 Å². The number of anilines is 2. The van der Waals surface area contributed by atoms with Crippen LogP contribution in [0.25, 0.3) is 10.9 Å². The Morgan fingerprint density at radius 3 is 2.56 bits per heavy atom. The van der Waals surface area contributed by atoms with Gasteiger partial charge in [0, 0.05) is 31.6 Å². The summed E-state index contributed by atoms with van der Waals surface area (Å²) in [5.74, 6) is 3.98. The summed E-state index contributed by atoms with van der Waals surface area (Å²) in [6.07, 6.45) is 5.63. The van der Waals surface area contributed by atoms with Gasteiger partial charge in [-0.3, -0.25) is 0 Å². The van der Waals surface area contributed by atoms with Crippen LogP contribution in [0.1, 0.15) is 38.2 Å². The first-order valence-corrected chi connectivity index (χ1v) is 12.4. The highest BCUT2D eigenvalue weighted by Gasteiger charge is 2.23. The van der Waals surface area contributed by atoms with E-state index in [-0.39, 0.29) is 0 Å². The second-order valence-corrected chi connectivity index (χ2v) is 9.88. The van der Waals surface area contributed by atoms with Crippen molar-refractivity contribution in [3.63, 3.8) is 0 Å². The van der Waals surface area contributed by atoms with Crippen LogP contribution in [0.2, 0.25) is 0 Å². The molecule has 3 aromatic rings. The molecular formula is C27H35N5O2. The largest absolute Gasteiger partial charge is 0.454 e. The van der Waals surface area contributed by atoms with Crippen LogP contribution in [0.15, 0.2) is 42.5 Å². The summed E-state index contributed by atoms with van der Waals surface area (Å²) in [5, 5.41) is 8.50. The second-order valence-electron chi connectivity index (χ2n) is 9.88. The van der Waals surface area contributed by atoms with Gasteiger partial charge in [0.05, 0.1) is 5.52 Å². The summed E-state index contributed by atoms with van der Waals surface area (Å²) >= 11 is 0. The Labute approximate surface area is 201 Å². The topological polar surface area (TPSA) is 71.5 Å². The molecule has 7 heteroatoms. The zero-order valence-electron chi connectivity index (χ0n) is 20.4. The monoisotopic (exact) mass is 461 g/mol. The molecule has 1 saturated carbocycles. The normalized spacial score (nSPS) is 20.3. The van der Waals surface area contributed by atoms with Crippen molar-refractivity contribution in [1.82, 2.24) is 15.3 Å². The Morgan fingerprint density at radius 2 is 1.74 bits per heavy atom. The van der Waals surface area contributed by atoms with Gasteiger partial charge in [-0.2, -0.15) is 4.98 Å². The lowest BCUT2D eigenvalue weighted by atomic mass is 9.90. The van der Waals surface area contributed by atoms with Gasteiger partial charge in [0.25, 0.3) is 0 Å². The van der Waals surface area contributed by atoms with Crippen LogP contribution in [0.5, 0.6) is 11.5 Å². The van der Waals surface area contributed by atoms with Crippen LogP contribution in [0.3, 0.4) is 0 Å². The van der Waals surface area contributed by atoms with E-state index in [1.165, 1.54) is 18.4 Å². The van der Waals surface area contributed by atoms with E-state index in [0.29, 0.717) is 24.8 Å². The summed E-state index contributed by atoms with van der Waals surface area (Å²) in [7, 11) is 4.06. The van der Waals surface area contributed by atoms with Crippen molar-refractivity contribution in [1.29, 1.82) is 0 Å². The van der Waals surface area contributed by atoms with Gasteiger partial charge in [-0.25, -0.2) is 4.98 Å². The lowest BCUT2D eigenvalue weighted by Crippen LogP contribution is -2.39. The van der Waals surface area contributed by atoms with Crippen molar-refractivity contribution in [2.45, 2.75) is 51.1 Å². The summed E-state index contributed by atoms with van der Waals surface area (Å²) in [6, 6.07) is 15.5. The fourth-order valence-corrected chi connectivity index (χ4v) is 5.00. The number of ether oxygens (including phenoxy) is 2. The quantitative estimate of drug-likeness (QED) is 0.507. The minimum Gasteiger partial charge on any atom is -0.454 e. The lowest BCUT2D eigenvalue weighted by Gasteiger charge is -2.31. The van der Waals surface area contributed by atoms with Crippen LogP contribution in [-0.4, -0.2) is 49.5 Å². The summed E-state index contributed by atoms with van der Waals surface area (Å²) in [6.45, 7) is 3.67. The van der Waals surface area contributed by atoms with Crippen LogP contribution >= 0.6 is 0 Å². The number of rotatable bonds is 8. The standard InChI is InChI=1S/C27H35N5O2/c1-18(14-19-8-13-24-25(15-19)34-17-33-24)16-28-20-9-11-21(12-10-20)29-27-30-23-7-5-4-6-22(23)26(31-27)32(2)3/h4-8,13,15,18,20-21,28H,9-12,14,16-17H2,1-3H3,(H,29,30,31). The molecule has 2 N–H and O–H groups in total. The zero-order chi connectivity index (χ0) is 23.5. The van der Waals surface area contributed by atoms with Crippen LogP contribution < -0.4 is 25.0 Å².